The van der Waals surface area contributed by atoms with E-state index >= 15 is 0 Å². The van der Waals surface area contributed by atoms with Gasteiger partial charge in [-0.2, -0.15) is 0 Å². The van der Waals surface area contributed by atoms with Gasteiger partial charge in [-0.1, -0.05) is 6.07 Å². The number of hydrazine groups is 1. The standard InChI is InChI=1S/C9H11N3O3/c1-6-3-4-7(10-5-6)11-12-8(13)9(14)15-2/h3-5H,1-2H3,(H,10,11)(H,12,13). The number of ether oxygens (including phenoxy) is 1. The molecule has 0 aliphatic rings. The Morgan fingerprint density at radius 1 is 1.40 bits per heavy atom. The molecule has 15 heavy (non-hydrogen) atoms. The third kappa shape index (κ3) is 3.26. The molecule has 0 atom stereocenters. The summed E-state index contributed by atoms with van der Waals surface area (Å²) >= 11 is 0. The van der Waals surface area contributed by atoms with Crippen molar-refractivity contribution in [1.82, 2.24) is 10.4 Å². The van der Waals surface area contributed by atoms with Crippen LogP contribution in [0.3, 0.4) is 0 Å². The number of hydrogen-bond donors (Lipinski definition) is 2. The molecule has 2 N–H and O–H groups in total. The van der Waals surface area contributed by atoms with Gasteiger partial charge in [-0.25, -0.2) is 9.78 Å². The lowest BCUT2D eigenvalue weighted by Crippen LogP contribution is -2.36. The number of aromatic nitrogens is 1. The van der Waals surface area contributed by atoms with E-state index in [4.69, 9.17) is 0 Å². The van der Waals surface area contributed by atoms with Crippen LogP contribution in [0.2, 0.25) is 0 Å². The Morgan fingerprint density at radius 2 is 2.13 bits per heavy atom. The lowest BCUT2D eigenvalue weighted by Gasteiger charge is -2.05. The number of aryl methyl sites for hydroxylation is 1. The number of amides is 1. The molecular weight excluding hydrogens is 198 g/mol. The van der Waals surface area contributed by atoms with Crippen molar-refractivity contribution in [2.75, 3.05) is 12.5 Å². The summed E-state index contributed by atoms with van der Waals surface area (Å²) in [6, 6.07) is 3.49. The SMILES string of the molecule is COC(=O)C(=O)NNc1ccc(C)cn1. The van der Waals surface area contributed by atoms with Crippen LogP contribution in [-0.2, 0) is 14.3 Å². The van der Waals surface area contributed by atoms with Crippen molar-refractivity contribution in [3.8, 4) is 0 Å². The molecule has 1 amide bonds. The third-order valence-corrected chi connectivity index (χ3v) is 1.59. The smallest absolute Gasteiger partial charge is 0.398 e. The highest BCUT2D eigenvalue weighted by atomic mass is 16.5. The summed E-state index contributed by atoms with van der Waals surface area (Å²) in [7, 11) is 1.13. The average molecular weight is 209 g/mol. The average Bonchev–Trinajstić information content (AvgIpc) is 2.26. The van der Waals surface area contributed by atoms with E-state index in [0.717, 1.165) is 12.7 Å². The zero-order chi connectivity index (χ0) is 11.3. The number of anilines is 1. The van der Waals surface area contributed by atoms with Gasteiger partial charge in [0.05, 0.1) is 7.11 Å². The molecule has 80 valence electrons. The highest BCUT2D eigenvalue weighted by Gasteiger charge is 2.12. The van der Waals surface area contributed by atoms with Crippen LogP contribution < -0.4 is 10.9 Å². The van der Waals surface area contributed by atoms with Crippen molar-refractivity contribution in [2.24, 2.45) is 0 Å². The molecule has 0 aromatic carbocycles. The minimum atomic E-state index is -0.963. The van der Waals surface area contributed by atoms with Gasteiger partial charge in [0.2, 0.25) is 0 Å². The van der Waals surface area contributed by atoms with Gasteiger partial charge in [-0.15, -0.1) is 0 Å². The minimum Gasteiger partial charge on any atom is -0.462 e. The topological polar surface area (TPSA) is 80.3 Å². The van der Waals surface area contributed by atoms with Gasteiger partial charge in [-0.3, -0.25) is 15.6 Å². The summed E-state index contributed by atoms with van der Waals surface area (Å²) < 4.78 is 4.21. The van der Waals surface area contributed by atoms with Gasteiger partial charge < -0.3 is 4.74 Å². The highest BCUT2D eigenvalue weighted by Crippen LogP contribution is 2.01. The molecule has 0 spiro atoms. The first-order valence-electron chi connectivity index (χ1n) is 4.20. The van der Waals surface area contributed by atoms with Crippen LogP contribution in [0, 0.1) is 6.92 Å². The van der Waals surface area contributed by atoms with E-state index in [1.54, 1.807) is 12.3 Å². The zero-order valence-electron chi connectivity index (χ0n) is 8.40. The Morgan fingerprint density at radius 3 is 2.67 bits per heavy atom. The summed E-state index contributed by atoms with van der Waals surface area (Å²) in [5, 5.41) is 0. The Labute approximate surface area is 86.6 Å². The van der Waals surface area contributed by atoms with Gasteiger partial charge in [-0.05, 0) is 18.6 Å². The number of pyridine rings is 1. The van der Waals surface area contributed by atoms with Crippen molar-refractivity contribution < 1.29 is 14.3 Å². The largest absolute Gasteiger partial charge is 0.462 e. The number of nitrogens with one attached hydrogen (secondary N) is 2. The third-order valence-electron chi connectivity index (χ3n) is 1.59. The van der Waals surface area contributed by atoms with E-state index in [1.807, 2.05) is 13.0 Å². The molecule has 0 bridgehead atoms. The maximum Gasteiger partial charge on any atom is 0.398 e. The van der Waals surface area contributed by atoms with E-state index in [9.17, 15) is 9.59 Å². The molecule has 1 aromatic heterocycles. The fourth-order valence-corrected chi connectivity index (χ4v) is 0.806. The molecule has 1 aromatic rings. The normalized spacial score (nSPS) is 9.20. The number of carbonyl (C=O) groups excluding carboxylic acids is 2. The first kappa shape index (κ1) is 11.0. The molecular formula is C9H11N3O3. The van der Waals surface area contributed by atoms with Crippen molar-refractivity contribution in [1.29, 1.82) is 0 Å². The van der Waals surface area contributed by atoms with Crippen molar-refractivity contribution in [3.63, 3.8) is 0 Å². The molecule has 0 unspecified atom stereocenters. The second kappa shape index (κ2) is 4.94. The molecule has 0 saturated heterocycles. The Bertz CT molecular complexity index is 361. The van der Waals surface area contributed by atoms with Gasteiger partial charge in [0.25, 0.3) is 0 Å². The van der Waals surface area contributed by atoms with E-state index in [2.05, 4.69) is 20.6 Å². The Kier molecular flexibility index (Phi) is 3.61. The van der Waals surface area contributed by atoms with Gasteiger partial charge in [0.1, 0.15) is 5.82 Å². The predicted molar refractivity (Wildman–Crippen MR) is 52.8 cm³/mol. The molecule has 6 heteroatoms. The molecule has 1 rings (SSSR count). The van der Waals surface area contributed by atoms with E-state index in [0.29, 0.717) is 5.82 Å². The summed E-state index contributed by atoms with van der Waals surface area (Å²) in [6.45, 7) is 1.89. The van der Waals surface area contributed by atoms with E-state index < -0.39 is 11.9 Å². The molecule has 1 heterocycles. The fourth-order valence-electron chi connectivity index (χ4n) is 0.806. The second-order valence-corrected chi connectivity index (χ2v) is 2.79. The maximum atomic E-state index is 10.9. The van der Waals surface area contributed by atoms with Crippen LogP contribution >= 0.6 is 0 Å². The summed E-state index contributed by atoms with van der Waals surface area (Å²) in [5.41, 5.74) is 5.62. The lowest BCUT2D eigenvalue weighted by molar-refractivity contribution is -0.152. The predicted octanol–water partition coefficient (Wildman–Crippen LogP) is 0.00612. The highest BCUT2D eigenvalue weighted by molar-refractivity contribution is 6.32. The van der Waals surface area contributed by atoms with Crippen molar-refractivity contribution >= 4 is 17.7 Å². The van der Waals surface area contributed by atoms with Crippen LogP contribution in [0.4, 0.5) is 5.82 Å². The molecule has 0 saturated carbocycles. The molecule has 0 aliphatic carbocycles. The quantitative estimate of drug-likeness (QED) is 0.407. The van der Waals surface area contributed by atoms with E-state index in [1.165, 1.54) is 0 Å². The molecule has 0 fully saturated rings. The minimum absolute atomic E-state index is 0.442. The monoisotopic (exact) mass is 209 g/mol. The first-order chi connectivity index (χ1) is 7.13. The summed E-state index contributed by atoms with van der Waals surface area (Å²) in [4.78, 5) is 25.6. The second-order valence-electron chi connectivity index (χ2n) is 2.79. The zero-order valence-corrected chi connectivity index (χ0v) is 8.40. The number of nitrogens with zero attached hydrogens (tertiary/aromatic N) is 1. The number of methoxy groups -OCH3 is 1. The summed E-state index contributed by atoms with van der Waals surface area (Å²) in [6.07, 6.45) is 1.63. The van der Waals surface area contributed by atoms with Crippen LogP contribution in [0.25, 0.3) is 0 Å². The maximum absolute atomic E-state index is 10.9. The van der Waals surface area contributed by atoms with Crippen LogP contribution in [0.15, 0.2) is 18.3 Å². The number of esters is 1. The van der Waals surface area contributed by atoms with Gasteiger partial charge in [0.15, 0.2) is 0 Å². The Balaban J connectivity index is 2.47. The molecule has 0 aliphatic heterocycles. The molecule has 6 nitrogen and oxygen atoms in total. The fraction of sp³-hybridized carbons (Fsp3) is 0.222. The number of hydrogen-bond acceptors (Lipinski definition) is 5. The van der Waals surface area contributed by atoms with Crippen LogP contribution in [-0.4, -0.2) is 24.0 Å². The summed E-state index contributed by atoms with van der Waals surface area (Å²) in [5.74, 6) is -1.40. The number of carbonyl (C=O) groups is 2. The van der Waals surface area contributed by atoms with E-state index in [-0.39, 0.29) is 0 Å². The van der Waals surface area contributed by atoms with Gasteiger partial charge >= 0.3 is 11.9 Å². The van der Waals surface area contributed by atoms with Crippen molar-refractivity contribution in [3.05, 3.63) is 23.9 Å². The van der Waals surface area contributed by atoms with Crippen molar-refractivity contribution in [2.45, 2.75) is 6.92 Å². The first-order valence-corrected chi connectivity index (χ1v) is 4.20. The van der Waals surface area contributed by atoms with Gasteiger partial charge in [0, 0.05) is 6.20 Å². The Hall–Kier alpha value is -2.11. The van der Waals surface area contributed by atoms with Crippen LogP contribution in [0.5, 0.6) is 0 Å². The lowest BCUT2D eigenvalue weighted by atomic mass is 10.3. The molecule has 0 radical (unpaired) electrons. The number of rotatable bonds is 2. The van der Waals surface area contributed by atoms with Crippen LogP contribution in [0.1, 0.15) is 5.56 Å².